The molecule has 0 radical (unpaired) electrons. The van der Waals surface area contributed by atoms with Crippen molar-refractivity contribution < 1.29 is 13.2 Å². The van der Waals surface area contributed by atoms with Gasteiger partial charge in [-0.3, -0.25) is 9.10 Å². The van der Waals surface area contributed by atoms with Crippen LogP contribution in [0.2, 0.25) is 5.02 Å². The molecule has 0 saturated heterocycles. The summed E-state index contributed by atoms with van der Waals surface area (Å²) in [5.41, 5.74) is 2.07. The molecule has 0 aliphatic rings. The lowest BCUT2D eigenvalue weighted by Gasteiger charge is -2.22. The van der Waals surface area contributed by atoms with Crippen molar-refractivity contribution in [2.24, 2.45) is 0 Å². The Morgan fingerprint density at radius 2 is 1.75 bits per heavy atom. The number of aryl methyl sites for hydroxylation is 1. The number of halogens is 1. The molecule has 2 aromatic carbocycles. The second kappa shape index (κ2) is 7.68. The van der Waals surface area contributed by atoms with Crippen LogP contribution in [0.25, 0.3) is 0 Å². The van der Waals surface area contributed by atoms with Crippen LogP contribution in [0.4, 0.5) is 11.4 Å². The summed E-state index contributed by atoms with van der Waals surface area (Å²) in [6.07, 6.45) is 1.14. The minimum Gasteiger partial charge on any atom is -0.325 e. The highest BCUT2D eigenvalue weighted by Gasteiger charge is 2.18. The Kier molecular flexibility index (Phi) is 5.85. The Balaban J connectivity index is 2.07. The maximum absolute atomic E-state index is 12.1. The molecule has 24 heavy (non-hydrogen) atoms. The van der Waals surface area contributed by atoms with E-state index >= 15 is 0 Å². The summed E-state index contributed by atoms with van der Waals surface area (Å²) in [5, 5.41) is 3.12. The molecule has 2 rings (SSSR count). The summed E-state index contributed by atoms with van der Waals surface area (Å²) < 4.78 is 25.3. The second-order valence-corrected chi connectivity index (χ2v) is 7.76. The van der Waals surface area contributed by atoms with Crippen LogP contribution in [0, 0.1) is 6.92 Å². The van der Waals surface area contributed by atoms with Gasteiger partial charge >= 0.3 is 0 Å². The first-order valence-corrected chi connectivity index (χ1v) is 9.59. The number of nitrogens with zero attached hydrogens (tertiary/aromatic N) is 1. The normalized spacial score (nSPS) is 11.1. The highest BCUT2D eigenvalue weighted by atomic mass is 35.5. The standard InChI is InChI=1S/C17H19ClN2O3S/c1-13-7-9-14(10-8-13)20(24(2,22)23)12-11-17(21)19-16-6-4-3-5-15(16)18/h3-10H,11-12H2,1-2H3,(H,19,21). The van der Waals surface area contributed by atoms with Gasteiger partial charge in [0.05, 0.1) is 22.7 Å². The van der Waals surface area contributed by atoms with Gasteiger partial charge in [-0.05, 0) is 31.2 Å². The highest BCUT2D eigenvalue weighted by molar-refractivity contribution is 7.92. The number of anilines is 2. The smallest absolute Gasteiger partial charge is 0.232 e. The fourth-order valence-corrected chi connectivity index (χ4v) is 3.29. The predicted molar refractivity (Wildman–Crippen MR) is 98.1 cm³/mol. The van der Waals surface area contributed by atoms with Crippen LogP contribution in [0.15, 0.2) is 48.5 Å². The quantitative estimate of drug-likeness (QED) is 0.851. The minimum absolute atomic E-state index is 0.0200. The van der Waals surface area contributed by atoms with Crippen LogP contribution in [0.3, 0.4) is 0 Å². The van der Waals surface area contributed by atoms with Gasteiger partial charge in [-0.2, -0.15) is 0 Å². The van der Waals surface area contributed by atoms with Crippen molar-refractivity contribution >= 4 is 38.9 Å². The third-order valence-corrected chi connectivity index (χ3v) is 4.94. The van der Waals surface area contributed by atoms with Crippen molar-refractivity contribution in [3.63, 3.8) is 0 Å². The van der Waals surface area contributed by atoms with Crippen LogP contribution in [-0.2, 0) is 14.8 Å². The van der Waals surface area contributed by atoms with Gasteiger partial charge in [0.1, 0.15) is 0 Å². The van der Waals surface area contributed by atoms with Crippen molar-refractivity contribution in [2.75, 3.05) is 22.4 Å². The third-order valence-electron chi connectivity index (χ3n) is 3.41. The fourth-order valence-electron chi connectivity index (χ4n) is 2.18. The summed E-state index contributed by atoms with van der Waals surface area (Å²) >= 11 is 5.99. The van der Waals surface area contributed by atoms with Crippen molar-refractivity contribution in [3.8, 4) is 0 Å². The third kappa shape index (κ3) is 4.97. The lowest BCUT2D eigenvalue weighted by atomic mass is 10.2. The second-order valence-electron chi connectivity index (χ2n) is 5.45. The zero-order valence-corrected chi connectivity index (χ0v) is 15.1. The molecule has 128 valence electrons. The van der Waals surface area contributed by atoms with Crippen LogP contribution in [-0.4, -0.2) is 27.1 Å². The first-order chi connectivity index (χ1) is 11.3. The monoisotopic (exact) mass is 366 g/mol. The SMILES string of the molecule is Cc1ccc(N(CCC(=O)Nc2ccccc2Cl)S(C)(=O)=O)cc1. The summed E-state index contributed by atoms with van der Waals surface area (Å²) in [4.78, 5) is 12.1. The highest BCUT2D eigenvalue weighted by Crippen LogP contribution is 2.21. The van der Waals surface area contributed by atoms with Gasteiger partial charge in [0.25, 0.3) is 0 Å². The number of nitrogens with one attached hydrogen (secondary N) is 1. The molecule has 0 aliphatic carbocycles. The van der Waals surface area contributed by atoms with E-state index in [1.807, 2.05) is 19.1 Å². The molecule has 1 N–H and O–H groups in total. The van der Waals surface area contributed by atoms with Crippen molar-refractivity contribution in [2.45, 2.75) is 13.3 Å². The van der Waals surface area contributed by atoms with E-state index in [4.69, 9.17) is 11.6 Å². The maximum Gasteiger partial charge on any atom is 0.232 e. The molecule has 0 spiro atoms. The van der Waals surface area contributed by atoms with Gasteiger partial charge < -0.3 is 5.32 Å². The van der Waals surface area contributed by atoms with Crippen LogP contribution >= 0.6 is 11.6 Å². The molecule has 2 aromatic rings. The van der Waals surface area contributed by atoms with Crippen LogP contribution in [0.1, 0.15) is 12.0 Å². The number of carbonyl (C=O) groups is 1. The molecule has 0 aromatic heterocycles. The van der Waals surface area contributed by atoms with Gasteiger partial charge in [-0.1, -0.05) is 41.4 Å². The number of rotatable bonds is 6. The number of amides is 1. The summed E-state index contributed by atoms with van der Waals surface area (Å²) in [7, 11) is -3.48. The molecule has 0 saturated carbocycles. The molecule has 0 atom stereocenters. The number of para-hydroxylation sites is 1. The Hall–Kier alpha value is -2.05. The average Bonchev–Trinajstić information content (AvgIpc) is 2.50. The zero-order chi connectivity index (χ0) is 17.7. The van der Waals surface area contributed by atoms with Gasteiger partial charge in [0, 0.05) is 13.0 Å². The van der Waals surface area contributed by atoms with Gasteiger partial charge in [-0.15, -0.1) is 0 Å². The Morgan fingerprint density at radius 1 is 1.12 bits per heavy atom. The topological polar surface area (TPSA) is 66.5 Å². The molecule has 0 aliphatic heterocycles. The molecule has 0 bridgehead atoms. The van der Waals surface area contributed by atoms with Gasteiger partial charge in [0.2, 0.25) is 15.9 Å². The number of carbonyl (C=O) groups excluding carboxylic acids is 1. The van der Waals surface area contributed by atoms with E-state index in [2.05, 4.69) is 5.32 Å². The van der Waals surface area contributed by atoms with Crippen molar-refractivity contribution in [3.05, 3.63) is 59.1 Å². The van der Waals surface area contributed by atoms with Crippen LogP contribution in [0.5, 0.6) is 0 Å². The molecule has 0 unspecified atom stereocenters. The molecule has 1 amide bonds. The molecule has 7 heteroatoms. The molecule has 5 nitrogen and oxygen atoms in total. The summed E-state index contributed by atoms with van der Waals surface area (Å²) in [6.45, 7) is 1.98. The summed E-state index contributed by atoms with van der Waals surface area (Å²) in [5.74, 6) is -0.302. The van der Waals surface area contributed by atoms with Crippen molar-refractivity contribution in [1.29, 1.82) is 0 Å². The average molecular weight is 367 g/mol. The lowest BCUT2D eigenvalue weighted by molar-refractivity contribution is -0.116. The first kappa shape index (κ1) is 18.3. The van der Waals surface area contributed by atoms with Crippen molar-refractivity contribution in [1.82, 2.24) is 0 Å². The number of hydrogen-bond acceptors (Lipinski definition) is 3. The number of benzene rings is 2. The Labute approximate surface area is 147 Å². The summed E-state index contributed by atoms with van der Waals surface area (Å²) in [6, 6.07) is 14.0. The molecular formula is C17H19ClN2O3S. The molecular weight excluding hydrogens is 348 g/mol. The lowest BCUT2D eigenvalue weighted by Crippen LogP contribution is -2.33. The van der Waals surface area contributed by atoms with E-state index in [0.717, 1.165) is 11.8 Å². The number of hydrogen-bond donors (Lipinski definition) is 1. The number of sulfonamides is 1. The zero-order valence-electron chi connectivity index (χ0n) is 13.5. The van der Waals surface area contributed by atoms with Crippen LogP contribution < -0.4 is 9.62 Å². The Bertz CT molecular complexity index is 820. The van der Waals surface area contributed by atoms with E-state index in [1.54, 1.807) is 36.4 Å². The van der Waals surface area contributed by atoms with E-state index in [0.29, 0.717) is 16.4 Å². The first-order valence-electron chi connectivity index (χ1n) is 7.36. The largest absolute Gasteiger partial charge is 0.325 e. The fraction of sp³-hybridized carbons (Fsp3) is 0.235. The van der Waals surface area contributed by atoms with E-state index < -0.39 is 10.0 Å². The predicted octanol–water partition coefficient (Wildman–Crippen LogP) is 3.44. The van der Waals surface area contributed by atoms with Gasteiger partial charge in [0.15, 0.2) is 0 Å². The van der Waals surface area contributed by atoms with E-state index in [1.165, 1.54) is 4.31 Å². The molecule has 0 fully saturated rings. The molecule has 0 heterocycles. The van der Waals surface area contributed by atoms with E-state index in [9.17, 15) is 13.2 Å². The minimum atomic E-state index is -3.48. The van der Waals surface area contributed by atoms with E-state index in [-0.39, 0.29) is 18.9 Å². The maximum atomic E-state index is 12.1. The van der Waals surface area contributed by atoms with Gasteiger partial charge in [-0.25, -0.2) is 8.42 Å². The Morgan fingerprint density at radius 3 is 2.33 bits per heavy atom.